The molecule has 0 saturated carbocycles. The molecule has 0 spiro atoms. The van der Waals surface area contributed by atoms with Crippen molar-refractivity contribution in [2.75, 3.05) is 20.2 Å². The zero-order valence-corrected chi connectivity index (χ0v) is 25.1. The summed E-state index contributed by atoms with van der Waals surface area (Å²) in [5.74, 6) is 1.50. The summed E-state index contributed by atoms with van der Waals surface area (Å²) in [7, 11) is 1.61. The van der Waals surface area contributed by atoms with Gasteiger partial charge in [0.2, 0.25) is 5.91 Å². The highest BCUT2D eigenvalue weighted by Crippen LogP contribution is 2.34. The van der Waals surface area contributed by atoms with Crippen molar-refractivity contribution < 1.29 is 23.9 Å². The first kappa shape index (κ1) is 30.7. The van der Waals surface area contributed by atoms with E-state index in [4.69, 9.17) is 26.1 Å². The Labute approximate surface area is 249 Å². The molecule has 2 aromatic carbocycles. The number of methoxy groups -OCH3 is 1. The Kier molecular flexibility index (Phi) is 9.62. The molecule has 2 N–H and O–H groups in total. The molecule has 1 aliphatic heterocycles. The van der Waals surface area contributed by atoms with Crippen LogP contribution >= 0.6 is 11.6 Å². The predicted molar refractivity (Wildman–Crippen MR) is 159 cm³/mol. The first-order valence-electron chi connectivity index (χ1n) is 13.6. The summed E-state index contributed by atoms with van der Waals surface area (Å²) < 4.78 is 12.6. The van der Waals surface area contributed by atoms with Gasteiger partial charge in [-0.05, 0) is 64.4 Å². The van der Waals surface area contributed by atoms with Crippen LogP contribution in [-0.2, 0) is 14.3 Å². The van der Waals surface area contributed by atoms with Gasteiger partial charge in [0.15, 0.2) is 5.82 Å². The summed E-state index contributed by atoms with van der Waals surface area (Å²) in [4.78, 5) is 42.0. The molecule has 0 bridgehead atoms. The van der Waals surface area contributed by atoms with Crippen LogP contribution in [0.3, 0.4) is 0 Å². The van der Waals surface area contributed by atoms with E-state index in [0.29, 0.717) is 34.6 Å². The largest absolute Gasteiger partial charge is 0.497 e. The molecule has 1 atom stereocenters. The first-order valence-corrected chi connectivity index (χ1v) is 14.0. The van der Waals surface area contributed by atoms with Crippen molar-refractivity contribution in [1.29, 1.82) is 0 Å². The standard InChI is InChI=1S/C30H35ClN6O5/c1-18-35-36-28-24(15-21(38)7-6-14-32-26(39)17-33-29(40)42-30(2,3)4)34-27(19-8-10-20(31)11-9-19)23-16-22(41-5)12-13-25(23)37(18)28/h8-13,16,24H,6-7,14-15,17H2,1-5H3,(H,32,39)(H,33,40)/t24-/m0/s1. The van der Waals surface area contributed by atoms with Gasteiger partial charge in [-0.1, -0.05) is 23.7 Å². The van der Waals surface area contributed by atoms with Gasteiger partial charge in [0.1, 0.15) is 29.0 Å². The van der Waals surface area contributed by atoms with Crippen LogP contribution in [0.4, 0.5) is 4.79 Å². The number of ether oxygens (including phenoxy) is 2. The third-order valence-electron chi connectivity index (χ3n) is 6.42. The van der Waals surface area contributed by atoms with Crippen LogP contribution in [0, 0.1) is 6.92 Å². The number of aliphatic imine (C=N–C) groups is 1. The molecule has 42 heavy (non-hydrogen) atoms. The van der Waals surface area contributed by atoms with E-state index < -0.39 is 17.7 Å². The van der Waals surface area contributed by atoms with E-state index in [1.165, 1.54) is 0 Å². The SMILES string of the molecule is COc1ccc2c(c1)C(c1ccc(Cl)cc1)=N[C@@H](CC(=O)CCCNC(=O)CNC(=O)OC(C)(C)C)c1nnc(C)n1-2. The Bertz CT molecular complexity index is 1490. The third kappa shape index (κ3) is 7.73. The van der Waals surface area contributed by atoms with E-state index in [2.05, 4.69) is 20.8 Å². The van der Waals surface area contributed by atoms with Crippen molar-refractivity contribution in [2.24, 2.45) is 4.99 Å². The molecule has 222 valence electrons. The van der Waals surface area contributed by atoms with Crippen molar-refractivity contribution in [1.82, 2.24) is 25.4 Å². The fraction of sp³-hybridized carbons (Fsp3) is 0.400. The molecular weight excluding hydrogens is 560 g/mol. The van der Waals surface area contributed by atoms with E-state index in [9.17, 15) is 14.4 Å². The maximum Gasteiger partial charge on any atom is 0.408 e. The minimum Gasteiger partial charge on any atom is -0.497 e. The number of aromatic nitrogens is 3. The highest BCUT2D eigenvalue weighted by molar-refractivity contribution is 6.30. The van der Waals surface area contributed by atoms with Gasteiger partial charge in [-0.3, -0.25) is 19.1 Å². The third-order valence-corrected chi connectivity index (χ3v) is 6.67. The van der Waals surface area contributed by atoms with Crippen molar-refractivity contribution in [3.63, 3.8) is 0 Å². The summed E-state index contributed by atoms with van der Waals surface area (Å²) in [5.41, 5.74) is 2.52. The van der Waals surface area contributed by atoms with Crippen LogP contribution in [-0.4, -0.2) is 64.1 Å². The van der Waals surface area contributed by atoms with Gasteiger partial charge in [-0.25, -0.2) is 4.79 Å². The van der Waals surface area contributed by atoms with E-state index in [1.807, 2.05) is 41.8 Å². The molecule has 0 radical (unpaired) electrons. The lowest BCUT2D eigenvalue weighted by Crippen LogP contribution is -2.40. The summed E-state index contributed by atoms with van der Waals surface area (Å²) in [6.45, 7) is 7.15. The second kappa shape index (κ2) is 13.2. The highest BCUT2D eigenvalue weighted by Gasteiger charge is 2.30. The number of alkyl carbamates (subject to hydrolysis) is 1. The number of fused-ring (bicyclic) bond motifs is 3. The highest BCUT2D eigenvalue weighted by atomic mass is 35.5. The van der Waals surface area contributed by atoms with Crippen molar-refractivity contribution in [2.45, 2.75) is 58.6 Å². The number of rotatable bonds is 10. The number of benzene rings is 2. The number of nitrogens with one attached hydrogen (secondary N) is 2. The van der Waals surface area contributed by atoms with Gasteiger partial charge >= 0.3 is 6.09 Å². The number of carbonyl (C=O) groups is 3. The number of halogens is 1. The Hall–Kier alpha value is -4.25. The van der Waals surface area contributed by atoms with Crippen molar-refractivity contribution >= 4 is 35.1 Å². The number of nitrogens with zero attached hydrogens (tertiary/aromatic N) is 4. The van der Waals surface area contributed by atoms with E-state index in [0.717, 1.165) is 16.8 Å². The number of amides is 2. The molecular formula is C30H35ClN6O5. The number of aryl methyl sites for hydroxylation is 1. The minimum atomic E-state index is -0.668. The average Bonchev–Trinajstić information content (AvgIpc) is 3.26. The summed E-state index contributed by atoms with van der Waals surface area (Å²) in [6.07, 6.45) is 0.101. The summed E-state index contributed by atoms with van der Waals surface area (Å²) >= 11 is 6.16. The number of carbonyl (C=O) groups excluding carboxylic acids is 3. The fourth-order valence-electron chi connectivity index (χ4n) is 4.54. The van der Waals surface area contributed by atoms with Crippen molar-refractivity contribution in [3.05, 3.63) is 70.3 Å². The van der Waals surface area contributed by atoms with Gasteiger partial charge in [0.05, 0.1) is 25.1 Å². The number of hydrogen-bond donors (Lipinski definition) is 2. The first-order chi connectivity index (χ1) is 19.9. The Morgan fingerprint density at radius 3 is 2.48 bits per heavy atom. The number of ketones is 1. The quantitative estimate of drug-likeness (QED) is 0.329. The van der Waals surface area contributed by atoms with Crippen LogP contribution in [0.2, 0.25) is 5.02 Å². The summed E-state index contributed by atoms with van der Waals surface area (Å²) in [5, 5.41) is 14.4. The smallest absolute Gasteiger partial charge is 0.408 e. The topological polar surface area (TPSA) is 137 Å². The van der Waals surface area contributed by atoms with E-state index >= 15 is 0 Å². The van der Waals surface area contributed by atoms with E-state index in [1.54, 1.807) is 40.0 Å². The maximum absolute atomic E-state index is 13.1. The predicted octanol–water partition coefficient (Wildman–Crippen LogP) is 4.51. The normalized spacial score (nSPS) is 14.1. The van der Waals surface area contributed by atoms with Crippen LogP contribution in [0.1, 0.15) is 68.9 Å². The van der Waals surface area contributed by atoms with Gasteiger partial charge in [-0.2, -0.15) is 0 Å². The van der Waals surface area contributed by atoms with Crippen LogP contribution < -0.4 is 15.4 Å². The Morgan fingerprint density at radius 1 is 1.05 bits per heavy atom. The second-order valence-electron chi connectivity index (χ2n) is 10.9. The monoisotopic (exact) mass is 594 g/mol. The van der Waals surface area contributed by atoms with Crippen LogP contribution in [0.25, 0.3) is 5.69 Å². The molecule has 11 nitrogen and oxygen atoms in total. The van der Waals surface area contributed by atoms with Gasteiger partial charge in [0.25, 0.3) is 0 Å². The zero-order valence-electron chi connectivity index (χ0n) is 24.4. The number of hydrogen-bond acceptors (Lipinski definition) is 8. The van der Waals surface area contributed by atoms with E-state index in [-0.39, 0.29) is 37.6 Å². The van der Waals surface area contributed by atoms with Gasteiger partial charge < -0.3 is 20.1 Å². The lowest BCUT2D eigenvalue weighted by atomic mass is 9.99. The molecule has 1 aliphatic rings. The molecule has 4 rings (SSSR count). The zero-order chi connectivity index (χ0) is 30.4. The van der Waals surface area contributed by atoms with Crippen LogP contribution in [0.5, 0.6) is 5.75 Å². The lowest BCUT2D eigenvalue weighted by Gasteiger charge is -2.19. The lowest BCUT2D eigenvalue weighted by molar-refractivity contribution is -0.121. The molecule has 1 aromatic heterocycles. The van der Waals surface area contributed by atoms with Gasteiger partial charge in [0, 0.05) is 35.5 Å². The van der Waals surface area contributed by atoms with Crippen molar-refractivity contribution in [3.8, 4) is 11.4 Å². The molecule has 0 unspecified atom stereocenters. The summed E-state index contributed by atoms with van der Waals surface area (Å²) in [6, 6.07) is 12.5. The molecule has 0 aliphatic carbocycles. The fourth-order valence-corrected chi connectivity index (χ4v) is 4.66. The average molecular weight is 595 g/mol. The maximum atomic E-state index is 13.1. The molecule has 12 heteroatoms. The second-order valence-corrected chi connectivity index (χ2v) is 11.3. The Balaban J connectivity index is 1.46. The molecule has 2 amide bonds. The van der Waals surface area contributed by atoms with Gasteiger partial charge in [-0.15, -0.1) is 10.2 Å². The number of Topliss-reactive ketones (excluding diaryl/α,β-unsaturated/α-hetero) is 1. The van der Waals surface area contributed by atoms with Crippen LogP contribution in [0.15, 0.2) is 47.5 Å². The Morgan fingerprint density at radius 2 is 1.79 bits per heavy atom. The molecule has 0 fully saturated rings. The molecule has 0 saturated heterocycles. The minimum absolute atomic E-state index is 0.0314. The molecule has 2 heterocycles. The molecule has 3 aromatic rings.